The minimum Gasteiger partial charge on any atom is -0.463 e. The van der Waals surface area contributed by atoms with Gasteiger partial charge in [-0.3, -0.25) is 19.3 Å². The van der Waals surface area contributed by atoms with E-state index in [4.69, 9.17) is 24.7 Å². The Balaban J connectivity index is 2.34. The van der Waals surface area contributed by atoms with Gasteiger partial charge in [0.25, 0.3) is 5.91 Å². The van der Waals surface area contributed by atoms with Crippen LogP contribution in [0.15, 0.2) is 24.3 Å². The Morgan fingerprint density at radius 2 is 1.02 bits per heavy atom. The quantitative estimate of drug-likeness (QED) is 0.0372. The molecule has 0 aromatic carbocycles. The number of carbonyl (C=O) groups excluding carboxylic acids is 3. The number of hydrogen-bond donors (Lipinski definition) is 1. The van der Waals surface area contributed by atoms with Crippen molar-refractivity contribution >= 4 is 17.8 Å². The lowest BCUT2D eigenvalue weighted by molar-refractivity contribution is -0.171. The standard InChI is InChI=1S/C46H84N2O7/c1-3-5-7-9-11-13-15-17-19-21-23-25-27-29-31-33-43(49)54-41-42(53-40-37-48-35-38-52-39-36-48)45(46(47)51)55-44(50)34-32-30-28-26-24-22-20-18-16-14-12-10-8-6-4-2/h17-20,42,45H,3-16,21-41H2,1-2H3,(H2,47,51)/b19-17-,20-18-. The van der Waals surface area contributed by atoms with Crippen LogP contribution in [0.3, 0.4) is 0 Å². The fourth-order valence-corrected chi connectivity index (χ4v) is 6.83. The molecule has 9 nitrogen and oxygen atoms in total. The molecule has 1 fully saturated rings. The number of carbonyl (C=O) groups is 3. The van der Waals surface area contributed by atoms with E-state index in [0.29, 0.717) is 32.6 Å². The van der Waals surface area contributed by atoms with Gasteiger partial charge >= 0.3 is 11.9 Å². The van der Waals surface area contributed by atoms with Crippen molar-refractivity contribution < 1.29 is 33.3 Å². The van der Waals surface area contributed by atoms with Crippen LogP contribution in [-0.2, 0) is 33.3 Å². The van der Waals surface area contributed by atoms with E-state index >= 15 is 0 Å². The molecular weight excluding hydrogens is 693 g/mol. The summed E-state index contributed by atoms with van der Waals surface area (Å²) in [6.07, 6.45) is 38.2. The summed E-state index contributed by atoms with van der Waals surface area (Å²) in [5, 5.41) is 0. The maximum Gasteiger partial charge on any atom is 0.306 e. The lowest BCUT2D eigenvalue weighted by Gasteiger charge is -2.29. The molecule has 0 aromatic rings. The van der Waals surface area contributed by atoms with Gasteiger partial charge in [0.05, 0.1) is 19.8 Å². The predicted octanol–water partition coefficient (Wildman–Crippen LogP) is 10.7. The molecule has 0 aliphatic carbocycles. The Morgan fingerprint density at radius 1 is 0.600 bits per heavy atom. The summed E-state index contributed by atoms with van der Waals surface area (Å²) in [5.41, 5.74) is 5.72. The summed E-state index contributed by atoms with van der Waals surface area (Å²) >= 11 is 0. The number of unbranched alkanes of at least 4 members (excludes halogenated alkanes) is 22. The second kappa shape index (κ2) is 38.6. The van der Waals surface area contributed by atoms with E-state index in [2.05, 4.69) is 43.1 Å². The van der Waals surface area contributed by atoms with E-state index < -0.39 is 24.1 Å². The molecule has 1 amide bonds. The summed E-state index contributed by atoms with van der Waals surface area (Å²) < 4.78 is 22.6. The summed E-state index contributed by atoms with van der Waals surface area (Å²) in [6.45, 7) is 8.13. The number of hydrogen-bond acceptors (Lipinski definition) is 8. The first-order chi connectivity index (χ1) is 27.0. The van der Waals surface area contributed by atoms with Crippen molar-refractivity contribution in [2.75, 3.05) is 46.1 Å². The molecular formula is C46H84N2O7. The molecule has 1 aliphatic heterocycles. The van der Waals surface area contributed by atoms with Crippen molar-refractivity contribution in [1.29, 1.82) is 0 Å². The zero-order valence-corrected chi connectivity index (χ0v) is 35.6. The molecule has 0 saturated carbocycles. The topological polar surface area (TPSA) is 117 Å². The number of esters is 2. The molecule has 0 bridgehead atoms. The molecule has 9 heteroatoms. The average molecular weight is 777 g/mol. The molecule has 2 unspecified atom stereocenters. The number of nitrogens with two attached hydrogens (primary N) is 1. The SMILES string of the molecule is CCCCCCCC/C=C\CCCCCCCC(=O)OCC(OCCN1CCOCC1)C(OC(=O)CCCCCCC/C=C\CCCCCCCC)C(N)=O. The van der Waals surface area contributed by atoms with Crippen molar-refractivity contribution in [1.82, 2.24) is 4.90 Å². The third-order valence-corrected chi connectivity index (χ3v) is 10.4. The summed E-state index contributed by atoms with van der Waals surface area (Å²) in [5.74, 6) is -1.63. The molecule has 320 valence electrons. The van der Waals surface area contributed by atoms with Gasteiger partial charge in [-0.1, -0.05) is 141 Å². The molecule has 0 aromatic heterocycles. The van der Waals surface area contributed by atoms with Crippen LogP contribution in [0.2, 0.25) is 0 Å². The van der Waals surface area contributed by atoms with E-state index in [-0.39, 0.29) is 25.6 Å². The predicted molar refractivity (Wildman–Crippen MR) is 226 cm³/mol. The number of rotatable bonds is 39. The highest BCUT2D eigenvalue weighted by atomic mass is 16.6. The number of amides is 1. The first-order valence-corrected chi connectivity index (χ1v) is 22.8. The maximum absolute atomic E-state index is 12.8. The molecule has 2 N–H and O–H groups in total. The number of primary amides is 1. The Bertz CT molecular complexity index is 966. The molecule has 2 atom stereocenters. The van der Waals surface area contributed by atoms with Gasteiger partial charge in [0.1, 0.15) is 12.7 Å². The molecule has 0 radical (unpaired) electrons. The van der Waals surface area contributed by atoms with Gasteiger partial charge in [-0.25, -0.2) is 0 Å². The highest BCUT2D eigenvalue weighted by Gasteiger charge is 2.32. The van der Waals surface area contributed by atoms with Gasteiger partial charge in [0.15, 0.2) is 0 Å². The van der Waals surface area contributed by atoms with Crippen LogP contribution >= 0.6 is 0 Å². The van der Waals surface area contributed by atoms with E-state index in [1.165, 1.54) is 96.3 Å². The fraction of sp³-hybridized carbons (Fsp3) is 0.848. The highest BCUT2D eigenvalue weighted by Crippen LogP contribution is 2.15. The summed E-state index contributed by atoms with van der Waals surface area (Å²) in [6, 6.07) is 0. The third-order valence-electron chi connectivity index (χ3n) is 10.4. The Kier molecular flexibility index (Phi) is 35.7. The van der Waals surface area contributed by atoms with E-state index in [9.17, 15) is 14.4 Å². The van der Waals surface area contributed by atoms with Crippen molar-refractivity contribution in [3.63, 3.8) is 0 Å². The zero-order valence-electron chi connectivity index (χ0n) is 35.6. The number of morpholine rings is 1. The first kappa shape index (κ1) is 50.8. The molecule has 1 rings (SSSR count). The van der Waals surface area contributed by atoms with E-state index in [0.717, 1.165) is 77.3 Å². The molecule has 1 saturated heterocycles. The Labute approximate surface area is 337 Å². The van der Waals surface area contributed by atoms with Gasteiger partial charge in [0.2, 0.25) is 6.10 Å². The number of ether oxygens (including phenoxy) is 4. The molecule has 1 aliphatic rings. The van der Waals surface area contributed by atoms with Crippen LogP contribution in [0.4, 0.5) is 0 Å². The Hall–Kier alpha value is -2.23. The fourth-order valence-electron chi connectivity index (χ4n) is 6.83. The smallest absolute Gasteiger partial charge is 0.306 e. The summed E-state index contributed by atoms with van der Waals surface area (Å²) in [4.78, 5) is 40.2. The van der Waals surface area contributed by atoms with Crippen LogP contribution in [0.1, 0.15) is 194 Å². The van der Waals surface area contributed by atoms with Gasteiger partial charge in [0, 0.05) is 32.5 Å². The normalized spacial score (nSPS) is 14.8. The molecule has 0 spiro atoms. The third kappa shape index (κ3) is 32.5. The van der Waals surface area contributed by atoms with Crippen molar-refractivity contribution in [3.8, 4) is 0 Å². The van der Waals surface area contributed by atoms with Crippen molar-refractivity contribution in [2.24, 2.45) is 5.73 Å². The lowest BCUT2D eigenvalue weighted by atomic mass is 10.1. The van der Waals surface area contributed by atoms with Crippen LogP contribution < -0.4 is 5.73 Å². The van der Waals surface area contributed by atoms with Gasteiger partial charge < -0.3 is 24.7 Å². The van der Waals surface area contributed by atoms with Gasteiger partial charge in [-0.05, 0) is 64.2 Å². The van der Waals surface area contributed by atoms with Crippen LogP contribution in [0.5, 0.6) is 0 Å². The zero-order chi connectivity index (χ0) is 39.9. The van der Waals surface area contributed by atoms with Crippen LogP contribution in [0.25, 0.3) is 0 Å². The number of nitrogens with zero attached hydrogens (tertiary/aromatic N) is 1. The van der Waals surface area contributed by atoms with Crippen molar-refractivity contribution in [3.05, 3.63) is 24.3 Å². The van der Waals surface area contributed by atoms with E-state index in [1.807, 2.05) is 0 Å². The average Bonchev–Trinajstić information content (AvgIpc) is 3.18. The monoisotopic (exact) mass is 777 g/mol. The highest BCUT2D eigenvalue weighted by molar-refractivity contribution is 5.83. The van der Waals surface area contributed by atoms with Crippen LogP contribution in [-0.4, -0.2) is 81.0 Å². The summed E-state index contributed by atoms with van der Waals surface area (Å²) in [7, 11) is 0. The van der Waals surface area contributed by atoms with Gasteiger partial charge in [-0.15, -0.1) is 0 Å². The second-order valence-electron chi connectivity index (χ2n) is 15.5. The minimum atomic E-state index is -1.33. The van der Waals surface area contributed by atoms with Gasteiger partial charge in [-0.2, -0.15) is 0 Å². The first-order valence-electron chi connectivity index (χ1n) is 22.8. The molecule has 55 heavy (non-hydrogen) atoms. The van der Waals surface area contributed by atoms with Crippen LogP contribution in [0, 0.1) is 0 Å². The maximum atomic E-state index is 12.8. The van der Waals surface area contributed by atoms with E-state index in [1.54, 1.807) is 0 Å². The molecule has 1 heterocycles. The minimum absolute atomic E-state index is 0.193. The largest absolute Gasteiger partial charge is 0.463 e. The second-order valence-corrected chi connectivity index (χ2v) is 15.5. The Morgan fingerprint density at radius 3 is 1.47 bits per heavy atom. The number of allylic oxidation sites excluding steroid dienone is 4. The van der Waals surface area contributed by atoms with Crippen molar-refractivity contribution in [2.45, 2.75) is 206 Å². The lowest BCUT2D eigenvalue weighted by Crippen LogP contribution is -2.47.